The fourth-order valence-electron chi connectivity index (χ4n) is 3.47. The number of methoxy groups -OCH3 is 1. The van der Waals surface area contributed by atoms with Gasteiger partial charge in [0.15, 0.2) is 0 Å². The van der Waals surface area contributed by atoms with Crippen molar-refractivity contribution in [3.05, 3.63) is 59.7 Å². The van der Waals surface area contributed by atoms with Crippen molar-refractivity contribution < 1.29 is 9.53 Å². The van der Waals surface area contributed by atoms with Gasteiger partial charge in [-0.05, 0) is 35.7 Å². The minimum Gasteiger partial charge on any atom is -0.497 e. The number of nitrogens with one attached hydrogen (secondary N) is 1. The van der Waals surface area contributed by atoms with Gasteiger partial charge in [-0.1, -0.05) is 30.3 Å². The molecule has 2 aliphatic rings. The van der Waals surface area contributed by atoms with E-state index in [1.165, 1.54) is 5.56 Å². The monoisotopic (exact) mass is 335 g/mol. The predicted octanol–water partition coefficient (Wildman–Crippen LogP) is 3.02. The molecule has 2 aromatic carbocycles. The van der Waals surface area contributed by atoms with Crippen molar-refractivity contribution in [3.8, 4) is 5.75 Å². The lowest BCUT2D eigenvalue weighted by Crippen LogP contribution is -2.44. The lowest BCUT2D eigenvalue weighted by molar-refractivity contribution is -0.125. The molecule has 0 aliphatic carbocycles. The Morgan fingerprint density at radius 2 is 2.04 bits per heavy atom. The van der Waals surface area contributed by atoms with Gasteiger partial charge in [0, 0.05) is 19.5 Å². The van der Waals surface area contributed by atoms with Crippen LogP contribution in [0.1, 0.15) is 24.0 Å². The molecule has 2 heterocycles. The zero-order chi connectivity index (χ0) is 17.2. The van der Waals surface area contributed by atoms with E-state index < -0.39 is 0 Å². The Morgan fingerprint density at radius 3 is 2.84 bits per heavy atom. The molecular weight excluding hydrogens is 314 g/mol. The molecule has 0 bridgehead atoms. The highest BCUT2D eigenvalue weighted by molar-refractivity contribution is 5.95. The summed E-state index contributed by atoms with van der Waals surface area (Å²) in [6, 6.07) is 15.8. The summed E-state index contributed by atoms with van der Waals surface area (Å²) in [5, 5.41) is 3.06. The molecule has 2 aliphatic heterocycles. The fourth-order valence-corrected chi connectivity index (χ4v) is 3.47. The van der Waals surface area contributed by atoms with E-state index in [1.54, 1.807) is 7.11 Å². The van der Waals surface area contributed by atoms with Crippen LogP contribution in [0.5, 0.6) is 5.75 Å². The summed E-state index contributed by atoms with van der Waals surface area (Å²) in [4.78, 5) is 19.5. The molecule has 1 saturated heterocycles. The number of ether oxygens (including phenoxy) is 1. The molecule has 25 heavy (non-hydrogen) atoms. The predicted molar refractivity (Wildman–Crippen MR) is 96.9 cm³/mol. The summed E-state index contributed by atoms with van der Waals surface area (Å²) in [7, 11) is 1.65. The Kier molecular flexibility index (Phi) is 4.14. The number of nitrogens with zero attached hydrogens (tertiary/aromatic N) is 2. The van der Waals surface area contributed by atoms with Crippen LogP contribution >= 0.6 is 0 Å². The van der Waals surface area contributed by atoms with Gasteiger partial charge in [-0.2, -0.15) is 0 Å². The number of benzene rings is 2. The minimum atomic E-state index is -0.134. The first-order valence-electron chi connectivity index (χ1n) is 8.57. The number of amides is 1. The van der Waals surface area contributed by atoms with Crippen LogP contribution in [-0.2, 0) is 17.9 Å². The summed E-state index contributed by atoms with van der Waals surface area (Å²) >= 11 is 0. The van der Waals surface area contributed by atoms with Crippen LogP contribution in [0.15, 0.2) is 53.5 Å². The lowest BCUT2D eigenvalue weighted by Gasteiger charge is -2.29. The van der Waals surface area contributed by atoms with Crippen LogP contribution in [0.2, 0.25) is 0 Å². The summed E-state index contributed by atoms with van der Waals surface area (Å²) in [6.45, 7) is 1.28. The van der Waals surface area contributed by atoms with Crippen molar-refractivity contribution in [1.29, 1.82) is 0 Å². The molecule has 2 aromatic rings. The Labute approximate surface area is 147 Å². The average molecular weight is 335 g/mol. The van der Waals surface area contributed by atoms with E-state index in [1.807, 2.05) is 42.5 Å². The molecule has 1 amide bonds. The van der Waals surface area contributed by atoms with Crippen molar-refractivity contribution >= 4 is 17.4 Å². The van der Waals surface area contributed by atoms with Crippen molar-refractivity contribution in [2.45, 2.75) is 32.0 Å². The molecule has 0 aromatic heterocycles. The molecule has 0 radical (unpaired) electrons. The first-order chi connectivity index (χ1) is 12.2. The van der Waals surface area contributed by atoms with Crippen molar-refractivity contribution in [1.82, 2.24) is 10.2 Å². The number of carbonyl (C=O) groups is 1. The SMILES string of the molecule is COc1ccc(CNC(=O)[C@H]2CCC3=Nc4ccccc4CN32)cc1. The summed E-state index contributed by atoms with van der Waals surface area (Å²) in [5.74, 6) is 1.92. The molecule has 4 rings (SSSR count). The molecule has 0 unspecified atom stereocenters. The lowest BCUT2D eigenvalue weighted by atomic mass is 10.1. The number of rotatable bonds is 4. The quantitative estimate of drug-likeness (QED) is 0.934. The molecule has 1 atom stereocenters. The van der Waals surface area contributed by atoms with Gasteiger partial charge < -0.3 is 15.0 Å². The van der Waals surface area contributed by atoms with Gasteiger partial charge in [0.1, 0.15) is 17.6 Å². The molecule has 1 N–H and O–H groups in total. The molecular formula is C20H21N3O2. The summed E-state index contributed by atoms with van der Waals surface area (Å²) in [5.41, 5.74) is 3.28. The second-order valence-corrected chi connectivity index (χ2v) is 6.40. The van der Waals surface area contributed by atoms with Crippen LogP contribution < -0.4 is 10.1 Å². The van der Waals surface area contributed by atoms with Gasteiger partial charge in [0.05, 0.1) is 12.8 Å². The Hall–Kier alpha value is -2.82. The van der Waals surface area contributed by atoms with E-state index in [-0.39, 0.29) is 11.9 Å². The normalized spacial score (nSPS) is 18.2. The highest BCUT2D eigenvalue weighted by Gasteiger charge is 2.36. The van der Waals surface area contributed by atoms with Gasteiger partial charge in [0.2, 0.25) is 5.91 Å². The van der Waals surface area contributed by atoms with Crippen molar-refractivity contribution in [3.63, 3.8) is 0 Å². The van der Waals surface area contributed by atoms with Gasteiger partial charge in [-0.15, -0.1) is 0 Å². The number of hydrogen-bond donors (Lipinski definition) is 1. The minimum absolute atomic E-state index is 0.0698. The number of carbonyl (C=O) groups excluding carboxylic acids is 1. The Balaban J connectivity index is 1.41. The molecule has 1 fully saturated rings. The Bertz CT molecular complexity index is 814. The summed E-state index contributed by atoms with van der Waals surface area (Å²) < 4.78 is 5.16. The highest BCUT2D eigenvalue weighted by atomic mass is 16.5. The van der Waals surface area contributed by atoms with E-state index in [0.717, 1.165) is 42.2 Å². The first kappa shape index (κ1) is 15.7. The molecule has 5 heteroatoms. The van der Waals surface area contributed by atoms with Gasteiger partial charge in [-0.25, -0.2) is 4.99 Å². The van der Waals surface area contributed by atoms with E-state index in [9.17, 15) is 4.79 Å². The molecule has 128 valence electrons. The number of aliphatic imine (C=N–C) groups is 1. The molecule has 5 nitrogen and oxygen atoms in total. The van der Waals surface area contributed by atoms with Gasteiger partial charge >= 0.3 is 0 Å². The zero-order valence-electron chi connectivity index (χ0n) is 14.2. The van der Waals surface area contributed by atoms with Crippen LogP contribution in [0.4, 0.5) is 5.69 Å². The maximum atomic E-state index is 12.7. The van der Waals surface area contributed by atoms with E-state index in [2.05, 4.69) is 16.3 Å². The largest absolute Gasteiger partial charge is 0.497 e. The number of hydrogen-bond acceptors (Lipinski definition) is 4. The van der Waals surface area contributed by atoms with Crippen LogP contribution in [-0.4, -0.2) is 29.8 Å². The van der Waals surface area contributed by atoms with Gasteiger partial charge in [0.25, 0.3) is 0 Å². The third-order valence-corrected chi connectivity index (χ3v) is 4.86. The first-order valence-corrected chi connectivity index (χ1v) is 8.57. The maximum Gasteiger partial charge on any atom is 0.243 e. The smallest absolute Gasteiger partial charge is 0.243 e. The fraction of sp³-hybridized carbons (Fsp3) is 0.300. The van der Waals surface area contributed by atoms with Gasteiger partial charge in [-0.3, -0.25) is 4.79 Å². The van der Waals surface area contributed by atoms with Crippen LogP contribution in [0, 0.1) is 0 Å². The third-order valence-electron chi connectivity index (χ3n) is 4.86. The second-order valence-electron chi connectivity index (χ2n) is 6.40. The van der Waals surface area contributed by atoms with E-state index in [0.29, 0.717) is 6.54 Å². The zero-order valence-corrected chi connectivity index (χ0v) is 14.2. The number of para-hydroxylation sites is 1. The molecule has 0 saturated carbocycles. The van der Waals surface area contributed by atoms with E-state index in [4.69, 9.17) is 9.73 Å². The molecule has 0 spiro atoms. The van der Waals surface area contributed by atoms with Crippen molar-refractivity contribution in [2.24, 2.45) is 4.99 Å². The van der Waals surface area contributed by atoms with Crippen LogP contribution in [0.3, 0.4) is 0 Å². The number of amidine groups is 1. The van der Waals surface area contributed by atoms with Crippen LogP contribution in [0.25, 0.3) is 0 Å². The maximum absolute atomic E-state index is 12.7. The second kappa shape index (κ2) is 6.59. The average Bonchev–Trinajstić information content (AvgIpc) is 3.07. The Morgan fingerprint density at radius 1 is 1.24 bits per heavy atom. The van der Waals surface area contributed by atoms with Crippen molar-refractivity contribution in [2.75, 3.05) is 7.11 Å². The van der Waals surface area contributed by atoms with E-state index >= 15 is 0 Å². The highest BCUT2D eigenvalue weighted by Crippen LogP contribution is 2.32. The third kappa shape index (κ3) is 3.09. The standard InChI is InChI=1S/C20H21N3O2/c1-25-16-8-6-14(7-9-16)12-21-20(24)18-10-11-19-22-17-5-3-2-4-15(17)13-23(18)19/h2-9,18H,10-13H2,1H3,(H,21,24)/t18-/m1/s1. The summed E-state index contributed by atoms with van der Waals surface area (Å²) in [6.07, 6.45) is 1.68. The topological polar surface area (TPSA) is 53.9 Å². The number of fused-ring (bicyclic) bond motifs is 2.